The van der Waals surface area contributed by atoms with Crippen LogP contribution in [0.15, 0.2) is 24.3 Å². The SMILES string of the molecule is Fc1ccc(B2OCC(C[Si](CCC(F)(F)C(F)(F)C(F)(F)C(F)(F)C(F)(F)C(F)(F)F)(CCC(F)(F)C(F)(F)C(F)(F)C(F)(F)C(F)(F)C(F)(F)F)CCC(F)(F)C(F)(F)C(F)(F)C(F)(F)C(F)(F)C(F)(F)F)O2)cc1. The zero-order chi connectivity index (χ0) is 61.7. The van der Waals surface area contributed by atoms with Crippen LogP contribution in [0.4, 0.5) is 176 Å². The third kappa shape index (κ3) is 11.1. The molecule has 0 amide bonds. The molecule has 0 radical (unpaired) electrons. The van der Waals surface area contributed by atoms with Crippen LogP contribution in [0, 0.1) is 5.82 Å². The average molecular weight is 1250 g/mol. The largest absolute Gasteiger partial charge is 0.494 e. The first kappa shape index (κ1) is 69.7. The molecule has 0 aliphatic carbocycles. The number of hydrogen-bond acceptors (Lipinski definition) is 2. The molecule has 1 aliphatic rings. The molecule has 0 saturated carbocycles. The van der Waals surface area contributed by atoms with E-state index >= 15 is 26.3 Å². The van der Waals surface area contributed by atoms with Crippen LogP contribution >= 0.6 is 0 Å². The molecule has 77 heavy (non-hydrogen) atoms. The molecule has 1 unspecified atom stereocenters. The van der Waals surface area contributed by atoms with E-state index in [1.54, 1.807) is 0 Å². The van der Waals surface area contributed by atoms with Gasteiger partial charge in [0, 0.05) is 19.3 Å². The van der Waals surface area contributed by atoms with E-state index in [1.807, 2.05) is 0 Å². The predicted octanol–water partition coefficient (Wildman–Crippen LogP) is 15.8. The summed E-state index contributed by atoms with van der Waals surface area (Å²) in [5, 5.41) is 0. The lowest BCUT2D eigenvalue weighted by atomic mass is 9.79. The number of rotatable bonds is 24. The molecule has 0 aromatic heterocycles. The van der Waals surface area contributed by atoms with E-state index in [0.29, 0.717) is 24.3 Å². The van der Waals surface area contributed by atoms with Crippen molar-refractivity contribution >= 4 is 20.7 Å². The summed E-state index contributed by atoms with van der Waals surface area (Å²) in [5.41, 5.74) is -0.638. The Balaban J connectivity index is 3.10. The van der Waals surface area contributed by atoms with Gasteiger partial charge >= 0.3 is 114 Å². The highest BCUT2D eigenvalue weighted by molar-refractivity contribution is 6.80. The molecule has 452 valence electrons. The number of benzene rings is 1. The van der Waals surface area contributed by atoms with Crippen LogP contribution in [0.5, 0.6) is 0 Å². The van der Waals surface area contributed by atoms with Gasteiger partial charge in [0.2, 0.25) is 0 Å². The maximum atomic E-state index is 15.2. The molecule has 2 rings (SSSR count). The molecule has 1 fully saturated rings. The van der Waals surface area contributed by atoms with E-state index in [4.69, 9.17) is 9.31 Å². The topological polar surface area (TPSA) is 18.5 Å². The Labute approximate surface area is 399 Å². The van der Waals surface area contributed by atoms with E-state index in [1.165, 1.54) is 0 Å². The Bertz CT molecular complexity index is 1990. The Hall–Kier alpha value is -3.38. The zero-order valence-corrected chi connectivity index (χ0v) is 36.6. The van der Waals surface area contributed by atoms with Crippen LogP contribution in [-0.4, -0.2) is 135 Å². The Kier molecular flexibility index (Phi) is 18.1. The molecule has 2 nitrogen and oxygen atoms in total. The Morgan fingerprint density at radius 3 is 0.818 bits per heavy atom. The normalized spacial score (nSPS) is 18.2. The van der Waals surface area contributed by atoms with Gasteiger partial charge < -0.3 is 9.31 Å². The molecule has 1 aliphatic heterocycles. The van der Waals surface area contributed by atoms with Crippen LogP contribution in [0.1, 0.15) is 19.3 Å². The lowest BCUT2D eigenvalue weighted by Crippen LogP contribution is -2.70. The molecule has 0 bridgehead atoms. The lowest BCUT2D eigenvalue weighted by molar-refractivity contribution is -0.440. The predicted molar refractivity (Wildman–Crippen MR) is 174 cm³/mol. The van der Waals surface area contributed by atoms with Crippen LogP contribution in [-0.2, 0) is 9.31 Å². The molecular weight excluding hydrogens is 1230 g/mol. The average Bonchev–Trinajstić information content (AvgIpc) is 3.70. The molecule has 1 heterocycles. The van der Waals surface area contributed by atoms with Gasteiger partial charge in [0.1, 0.15) is 5.82 Å². The third-order valence-electron chi connectivity index (χ3n) is 11.5. The summed E-state index contributed by atoms with van der Waals surface area (Å²) < 4.78 is 568. The summed E-state index contributed by atoms with van der Waals surface area (Å²) in [6, 6.07) is -10.6. The highest BCUT2D eigenvalue weighted by Crippen LogP contribution is 2.65. The fourth-order valence-electron chi connectivity index (χ4n) is 6.66. The van der Waals surface area contributed by atoms with Crippen molar-refractivity contribution in [1.29, 1.82) is 0 Å². The van der Waals surface area contributed by atoms with Gasteiger partial charge in [-0.15, -0.1) is 0 Å². The Morgan fingerprint density at radius 2 is 0.584 bits per heavy atom. The van der Waals surface area contributed by atoms with E-state index < -0.39 is 190 Å². The second-order valence-electron chi connectivity index (χ2n) is 16.7. The van der Waals surface area contributed by atoms with Gasteiger partial charge in [-0.25, -0.2) is 4.39 Å². The summed E-state index contributed by atoms with van der Waals surface area (Å²) in [6.45, 7) is -1.66. The molecule has 1 saturated heterocycles. The van der Waals surface area contributed by atoms with Crippen molar-refractivity contribution in [2.75, 3.05) is 6.61 Å². The summed E-state index contributed by atoms with van der Waals surface area (Å²) in [6.07, 6.45) is -39.6. The molecule has 1 aromatic carbocycles. The molecule has 1 atom stereocenters. The zero-order valence-electron chi connectivity index (χ0n) is 35.6. The van der Waals surface area contributed by atoms with Crippen molar-refractivity contribution in [3.05, 3.63) is 30.1 Å². The molecule has 1 aromatic rings. The van der Waals surface area contributed by atoms with Gasteiger partial charge in [0.05, 0.1) is 20.8 Å². The quantitative estimate of drug-likeness (QED) is 0.0759. The third-order valence-corrected chi connectivity index (χ3v) is 16.7. The first-order valence-corrected chi connectivity index (χ1v) is 22.0. The van der Waals surface area contributed by atoms with Crippen molar-refractivity contribution in [3.8, 4) is 0 Å². The lowest BCUT2D eigenvalue weighted by Gasteiger charge is -2.43. The van der Waals surface area contributed by atoms with Gasteiger partial charge in [-0.2, -0.15) is 171 Å². The second-order valence-corrected chi connectivity index (χ2v) is 21.6. The highest BCUT2D eigenvalue weighted by Gasteiger charge is 2.93. The smallest absolute Gasteiger partial charge is 0.405 e. The maximum Gasteiger partial charge on any atom is 0.494 e. The van der Waals surface area contributed by atoms with Crippen LogP contribution < -0.4 is 5.46 Å². The summed E-state index contributed by atoms with van der Waals surface area (Å²) in [4.78, 5) is 0. The van der Waals surface area contributed by atoms with Crippen LogP contribution in [0.25, 0.3) is 0 Å². The summed E-state index contributed by atoms with van der Waals surface area (Å²) in [5.74, 6) is -129. The Morgan fingerprint density at radius 1 is 0.351 bits per heavy atom. The van der Waals surface area contributed by atoms with Crippen molar-refractivity contribution in [2.45, 2.75) is 157 Å². The van der Waals surface area contributed by atoms with Crippen molar-refractivity contribution < 1.29 is 185 Å². The molecule has 44 heteroatoms. The van der Waals surface area contributed by atoms with E-state index in [2.05, 4.69) is 0 Å². The first-order valence-electron chi connectivity index (χ1n) is 19.2. The minimum Gasteiger partial charge on any atom is -0.405 e. The second kappa shape index (κ2) is 20.0. The van der Waals surface area contributed by atoms with Crippen molar-refractivity contribution in [3.63, 3.8) is 0 Å². The van der Waals surface area contributed by atoms with E-state index in [9.17, 15) is 149 Å². The van der Waals surface area contributed by atoms with E-state index in [-0.39, 0.29) is 0 Å². The molecule has 0 N–H and O–H groups in total. The van der Waals surface area contributed by atoms with E-state index in [0.717, 1.165) is 0 Å². The van der Waals surface area contributed by atoms with Gasteiger partial charge in [-0.05, 0) is 23.6 Å². The fourth-order valence-corrected chi connectivity index (χ4v) is 11.7. The summed E-state index contributed by atoms with van der Waals surface area (Å²) in [7, 11) is -9.39. The maximum absolute atomic E-state index is 15.2. The molecular formula is C33H21BF40O2Si. The van der Waals surface area contributed by atoms with Gasteiger partial charge in [-0.1, -0.05) is 30.3 Å². The van der Waals surface area contributed by atoms with Crippen LogP contribution in [0.3, 0.4) is 0 Å². The fraction of sp³-hybridized carbons (Fsp3) is 0.818. The van der Waals surface area contributed by atoms with Gasteiger partial charge in [-0.3, -0.25) is 0 Å². The van der Waals surface area contributed by atoms with Crippen molar-refractivity contribution in [1.82, 2.24) is 0 Å². The minimum atomic E-state index is -8.92. The number of alkyl halides is 39. The standard InChI is InChI=1S/C33H21BF40O2Si/c35-14-3-1-13(2-4-14)34-75-11-15(76-34)12-77(8-5-16(36,37)19(42,43)22(48,49)25(54,55)28(60,61)31(66,67)68,9-6-17(38,39)20(44,45)23(50,51)26(56,57)29(62,63)32(69,70)71)10-7-18(40,41)21(46,47)24(52,53)27(58,59)30(64,65)33(72,73)74/h1-4,15H,5-12H2. The van der Waals surface area contributed by atoms with Gasteiger partial charge in [0.15, 0.2) is 0 Å². The number of halogens is 40. The van der Waals surface area contributed by atoms with Gasteiger partial charge in [0.25, 0.3) is 0 Å². The first-order chi connectivity index (χ1) is 33.3. The highest BCUT2D eigenvalue weighted by atomic mass is 28.3. The minimum absolute atomic E-state index is 0.416. The van der Waals surface area contributed by atoms with Crippen LogP contribution in [0.2, 0.25) is 24.2 Å². The molecule has 0 spiro atoms. The monoisotopic (exact) mass is 1250 g/mol. The number of hydrogen-bond donors (Lipinski definition) is 0. The van der Waals surface area contributed by atoms with Crippen molar-refractivity contribution in [2.24, 2.45) is 0 Å². The summed E-state index contributed by atoms with van der Waals surface area (Å²) >= 11 is 0.